The SMILES string of the molecule is O=c1cc(COc2ccc(F)cc2Cl)c2ccc(Br)cc2o1. The summed E-state index contributed by atoms with van der Waals surface area (Å²) in [6.07, 6.45) is 0. The second kappa shape index (κ2) is 6.10. The van der Waals surface area contributed by atoms with Crippen molar-refractivity contribution in [2.45, 2.75) is 6.61 Å². The smallest absolute Gasteiger partial charge is 0.336 e. The standard InChI is InChI=1S/C16H9BrClFO3/c17-10-1-3-12-9(5-16(20)22-15(12)6-10)8-21-14-4-2-11(19)7-13(14)18/h1-7H,8H2. The van der Waals surface area contributed by atoms with Gasteiger partial charge in [0.2, 0.25) is 0 Å². The van der Waals surface area contributed by atoms with Gasteiger partial charge in [0.25, 0.3) is 0 Å². The fourth-order valence-corrected chi connectivity index (χ4v) is 2.63. The third-order valence-corrected chi connectivity index (χ3v) is 3.86. The van der Waals surface area contributed by atoms with E-state index in [2.05, 4.69) is 15.9 Å². The lowest BCUT2D eigenvalue weighted by Crippen LogP contribution is -2.04. The summed E-state index contributed by atoms with van der Waals surface area (Å²) in [5.41, 5.74) is 0.666. The number of fused-ring (bicyclic) bond motifs is 1. The molecule has 0 saturated carbocycles. The predicted molar refractivity (Wildman–Crippen MR) is 85.9 cm³/mol. The minimum Gasteiger partial charge on any atom is -0.487 e. The Morgan fingerprint density at radius 3 is 2.77 bits per heavy atom. The second-order valence-electron chi connectivity index (χ2n) is 4.59. The topological polar surface area (TPSA) is 39.4 Å². The van der Waals surface area contributed by atoms with E-state index in [1.807, 2.05) is 12.1 Å². The molecule has 3 nitrogen and oxygen atoms in total. The maximum Gasteiger partial charge on any atom is 0.336 e. The lowest BCUT2D eigenvalue weighted by Gasteiger charge is -2.09. The van der Waals surface area contributed by atoms with Crippen molar-refractivity contribution in [3.05, 3.63) is 73.8 Å². The Bertz CT molecular complexity index is 908. The molecular formula is C16H9BrClFO3. The third-order valence-electron chi connectivity index (χ3n) is 3.07. The Morgan fingerprint density at radius 1 is 1.18 bits per heavy atom. The molecule has 6 heteroatoms. The molecule has 0 unspecified atom stereocenters. The number of ether oxygens (including phenoxy) is 1. The van der Waals surface area contributed by atoms with Gasteiger partial charge < -0.3 is 9.15 Å². The molecule has 0 atom stereocenters. The molecule has 0 saturated heterocycles. The Morgan fingerprint density at radius 2 is 2.00 bits per heavy atom. The average Bonchev–Trinajstić information content (AvgIpc) is 2.45. The van der Waals surface area contributed by atoms with E-state index in [1.165, 1.54) is 24.3 Å². The molecule has 2 aromatic carbocycles. The van der Waals surface area contributed by atoms with Crippen molar-refractivity contribution >= 4 is 38.5 Å². The van der Waals surface area contributed by atoms with Crippen LogP contribution in [0.5, 0.6) is 5.75 Å². The summed E-state index contributed by atoms with van der Waals surface area (Å²) >= 11 is 9.24. The number of hydrogen-bond donors (Lipinski definition) is 0. The largest absolute Gasteiger partial charge is 0.487 e. The van der Waals surface area contributed by atoms with Gasteiger partial charge in [0, 0.05) is 21.5 Å². The summed E-state index contributed by atoms with van der Waals surface area (Å²) in [5, 5.41) is 0.941. The summed E-state index contributed by atoms with van der Waals surface area (Å²) in [6.45, 7) is 0.120. The second-order valence-corrected chi connectivity index (χ2v) is 5.92. The molecular weight excluding hydrogens is 375 g/mol. The van der Waals surface area contributed by atoms with E-state index in [9.17, 15) is 9.18 Å². The highest BCUT2D eigenvalue weighted by molar-refractivity contribution is 9.10. The first kappa shape index (κ1) is 15.1. The Kier molecular flexibility index (Phi) is 4.18. The summed E-state index contributed by atoms with van der Waals surface area (Å²) in [6, 6.07) is 10.6. The first-order chi connectivity index (χ1) is 10.5. The van der Waals surface area contributed by atoms with Gasteiger partial charge in [0.05, 0.1) is 5.02 Å². The molecule has 0 aliphatic heterocycles. The first-order valence-electron chi connectivity index (χ1n) is 6.33. The van der Waals surface area contributed by atoms with E-state index in [0.29, 0.717) is 16.9 Å². The van der Waals surface area contributed by atoms with Gasteiger partial charge in [-0.15, -0.1) is 0 Å². The van der Waals surface area contributed by atoms with Crippen molar-refractivity contribution in [3.8, 4) is 5.75 Å². The van der Waals surface area contributed by atoms with Gasteiger partial charge in [-0.05, 0) is 36.4 Å². The van der Waals surface area contributed by atoms with Crippen LogP contribution in [0.15, 0.2) is 56.1 Å². The molecule has 3 rings (SSSR count). The maximum atomic E-state index is 13.0. The van der Waals surface area contributed by atoms with Crippen molar-refractivity contribution in [1.82, 2.24) is 0 Å². The highest BCUT2D eigenvalue weighted by atomic mass is 79.9. The zero-order valence-electron chi connectivity index (χ0n) is 11.1. The quantitative estimate of drug-likeness (QED) is 0.602. The normalized spacial score (nSPS) is 10.9. The van der Waals surface area contributed by atoms with Crippen molar-refractivity contribution in [1.29, 1.82) is 0 Å². The van der Waals surface area contributed by atoms with Crippen LogP contribution in [0.4, 0.5) is 4.39 Å². The molecule has 0 spiro atoms. The fourth-order valence-electron chi connectivity index (χ4n) is 2.07. The fraction of sp³-hybridized carbons (Fsp3) is 0.0625. The summed E-state index contributed by atoms with van der Waals surface area (Å²) < 4.78 is 24.6. The maximum absolute atomic E-state index is 13.0. The highest BCUT2D eigenvalue weighted by Gasteiger charge is 2.09. The van der Waals surface area contributed by atoms with Crippen molar-refractivity contribution in [2.24, 2.45) is 0 Å². The van der Waals surface area contributed by atoms with Crippen molar-refractivity contribution in [3.63, 3.8) is 0 Å². The van der Waals surface area contributed by atoms with E-state index in [0.717, 1.165) is 9.86 Å². The van der Waals surface area contributed by atoms with Crippen molar-refractivity contribution in [2.75, 3.05) is 0 Å². The van der Waals surface area contributed by atoms with Gasteiger partial charge in [-0.25, -0.2) is 9.18 Å². The molecule has 0 N–H and O–H groups in total. The van der Waals surface area contributed by atoms with Crippen LogP contribution in [-0.4, -0.2) is 0 Å². The van der Waals surface area contributed by atoms with Gasteiger partial charge >= 0.3 is 5.63 Å². The van der Waals surface area contributed by atoms with Crippen LogP contribution in [0, 0.1) is 5.82 Å². The molecule has 1 heterocycles. The van der Waals surface area contributed by atoms with E-state index in [-0.39, 0.29) is 11.6 Å². The third kappa shape index (κ3) is 3.15. The van der Waals surface area contributed by atoms with Crippen molar-refractivity contribution < 1.29 is 13.5 Å². The highest BCUT2D eigenvalue weighted by Crippen LogP contribution is 2.27. The number of benzene rings is 2. The van der Waals surface area contributed by atoms with E-state index in [1.54, 1.807) is 6.07 Å². The molecule has 0 bridgehead atoms. The van der Waals surface area contributed by atoms with Crippen LogP contribution >= 0.6 is 27.5 Å². The monoisotopic (exact) mass is 382 g/mol. The Hall–Kier alpha value is -1.85. The number of hydrogen-bond acceptors (Lipinski definition) is 3. The van der Waals surface area contributed by atoms with Crippen LogP contribution in [0.1, 0.15) is 5.56 Å². The molecule has 0 aliphatic carbocycles. The molecule has 0 radical (unpaired) electrons. The lowest BCUT2D eigenvalue weighted by molar-refractivity contribution is 0.306. The Balaban J connectivity index is 1.95. The van der Waals surface area contributed by atoms with Gasteiger partial charge in [0.1, 0.15) is 23.8 Å². The van der Waals surface area contributed by atoms with Gasteiger partial charge in [0.15, 0.2) is 0 Å². The Labute approximate surface area is 138 Å². The molecule has 3 aromatic rings. The molecule has 22 heavy (non-hydrogen) atoms. The minimum atomic E-state index is -0.464. The molecule has 0 aliphatic rings. The van der Waals surface area contributed by atoms with Gasteiger partial charge in [-0.2, -0.15) is 0 Å². The number of halogens is 3. The summed E-state index contributed by atoms with van der Waals surface area (Å²) in [4.78, 5) is 11.6. The van der Waals surface area contributed by atoms with Gasteiger partial charge in [-0.1, -0.05) is 27.5 Å². The minimum absolute atomic E-state index is 0.120. The van der Waals surface area contributed by atoms with Crippen LogP contribution in [0.25, 0.3) is 11.0 Å². The molecule has 112 valence electrons. The van der Waals surface area contributed by atoms with Crippen LogP contribution in [0.2, 0.25) is 5.02 Å². The van der Waals surface area contributed by atoms with E-state index >= 15 is 0 Å². The van der Waals surface area contributed by atoms with E-state index < -0.39 is 11.4 Å². The zero-order valence-corrected chi connectivity index (χ0v) is 13.4. The zero-order chi connectivity index (χ0) is 15.7. The summed E-state index contributed by atoms with van der Waals surface area (Å²) in [7, 11) is 0. The first-order valence-corrected chi connectivity index (χ1v) is 7.50. The van der Waals surface area contributed by atoms with Crippen LogP contribution in [-0.2, 0) is 6.61 Å². The van der Waals surface area contributed by atoms with E-state index in [4.69, 9.17) is 20.8 Å². The van der Waals surface area contributed by atoms with Crippen LogP contribution < -0.4 is 10.4 Å². The average molecular weight is 384 g/mol. The van der Waals surface area contributed by atoms with Gasteiger partial charge in [-0.3, -0.25) is 0 Å². The lowest BCUT2D eigenvalue weighted by atomic mass is 10.1. The van der Waals surface area contributed by atoms with Crippen LogP contribution in [0.3, 0.4) is 0 Å². The predicted octanol–water partition coefficient (Wildman–Crippen LogP) is 4.93. The molecule has 0 amide bonds. The summed E-state index contributed by atoms with van der Waals surface area (Å²) in [5.74, 6) is -0.0884. The molecule has 1 aromatic heterocycles. The number of rotatable bonds is 3. The molecule has 0 fully saturated rings.